The third-order valence-corrected chi connectivity index (χ3v) is 2.55. The van der Waals surface area contributed by atoms with Crippen molar-refractivity contribution in [3.8, 4) is 5.75 Å². The van der Waals surface area contributed by atoms with Crippen LogP contribution >= 0.6 is 0 Å². The Bertz CT molecular complexity index is 359. The predicted octanol–water partition coefficient (Wildman–Crippen LogP) is 1.72. The van der Waals surface area contributed by atoms with Crippen LogP contribution in [-0.4, -0.2) is 19.2 Å². The first-order valence-electron chi connectivity index (χ1n) is 4.57. The van der Waals surface area contributed by atoms with Gasteiger partial charge in [0.05, 0.1) is 7.11 Å². The molecule has 0 radical (unpaired) electrons. The zero-order chi connectivity index (χ0) is 10.1. The number of hydrogen-bond acceptors (Lipinski definition) is 3. The van der Waals surface area contributed by atoms with Crippen LogP contribution < -0.4 is 4.74 Å². The highest BCUT2D eigenvalue weighted by molar-refractivity contribution is 5.77. The summed E-state index contributed by atoms with van der Waals surface area (Å²) in [6.45, 7) is 1.97. The van der Waals surface area contributed by atoms with Crippen molar-refractivity contribution in [1.29, 1.82) is 0 Å². The summed E-state index contributed by atoms with van der Waals surface area (Å²) >= 11 is 0. The first kappa shape index (κ1) is 9.06. The molecule has 14 heavy (non-hydrogen) atoms. The van der Waals surface area contributed by atoms with E-state index in [1.54, 1.807) is 0 Å². The number of benzene rings is 1. The molecule has 0 amide bonds. The van der Waals surface area contributed by atoms with Gasteiger partial charge in [-0.25, -0.2) is 4.79 Å². The number of esters is 1. The lowest BCUT2D eigenvalue weighted by Crippen LogP contribution is -2.28. The molecule has 0 saturated carbocycles. The lowest BCUT2D eigenvalue weighted by molar-refractivity contribution is -0.148. The van der Waals surface area contributed by atoms with E-state index in [2.05, 4.69) is 4.74 Å². The predicted molar refractivity (Wildman–Crippen MR) is 51.3 cm³/mol. The summed E-state index contributed by atoms with van der Waals surface area (Å²) in [5.41, 5.74) is 1.07. The molecule has 1 aliphatic rings. The molecular formula is C11H12O3. The van der Waals surface area contributed by atoms with E-state index in [-0.39, 0.29) is 11.9 Å². The smallest absolute Gasteiger partial charge is 0.347 e. The van der Waals surface area contributed by atoms with E-state index in [1.165, 1.54) is 7.11 Å². The third-order valence-electron chi connectivity index (χ3n) is 2.55. The Labute approximate surface area is 82.6 Å². The molecule has 0 spiro atoms. The molecule has 1 heterocycles. The second kappa shape index (κ2) is 3.33. The molecule has 3 heteroatoms. The average molecular weight is 192 g/mol. The van der Waals surface area contributed by atoms with Crippen LogP contribution in [-0.2, 0) is 9.53 Å². The van der Waals surface area contributed by atoms with E-state index < -0.39 is 6.10 Å². The number of carbonyl (C=O) groups excluding carboxylic acids is 1. The van der Waals surface area contributed by atoms with Gasteiger partial charge in [0.2, 0.25) is 6.10 Å². The first-order valence-corrected chi connectivity index (χ1v) is 4.57. The highest BCUT2D eigenvalue weighted by Crippen LogP contribution is 2.37. The van der Waals surface area contributed by atoms with Gasteiger partial charge in [0.15, 0.2) is 0 Å². The Morgan fingerprint density at radius 3 is 2.79 bits per heavy atom. The Balaban J connectivity index is 2.30. The largest absolute Gasteiger partial charge is 0.478 e. The Hall–Kier alpha value is -1.51. The number of rotatable bonds is 1. The van der Waals surface area contributed by atoms with Crippen LogP contribution in [0.25, 0.3) is 0 Å². The van der Waals surface area contributed by atoms with Crippen molar-refractivity contribution in [2.24, 2.45) is 0 Å². The van der Waals surface area contributed by atoms with Crippen molar-refractivity contribution < 1.29 is 14.3 Å². The van der Waals surface area contributed by atoms with Crippen molar-refractivity contribution in [3.05, 3.63) is 29.8 Å². The second-order valence-electron chi connectivity index (χ2n) is 3.39. The Morgan fingerprint density at radius 1 is 1.43 bits per heavy atom. The van der Waals surface area contributed by atoms with Gasteiger partial charge in [0, 0.05) is 11.5 Å². The number of ether oxygens (including phenoxy) is 2. The van der Waals surface area contributed by atoms with Gasteiger partial charge >= 0.3 is 5.97 Å². The maximum atomic E-state index is 11.3. The maximum absolute atomic E-state index is 11.3. The van der Waals surface area contributed by atoms with Gasteiger partial charge in [0.1, 0.15) is 5.75 Å². The van der Waals surface area contributed by atoms with E-state index >= 15 is 0 Å². The molecule has 3 nitrogen and oxygen atoms in total. The van der Waals surface area contributed by atoms with Gasteiger partial charge in [-0.05, 0) is 6.07 Å². The van der Waals surface area contributed by atoms with Crippen molar-refractivity contribution in [2.75, 3.05) is 7.11 Å². The van der Waals surface area contributed by atoms with Gasteiger partial charge in [-0.1, -0.05) is 25.1 Å². The van der Waals surface area contributed by atoms with Crippen LogP contribution in [0.3, 0.4) is 0 Å². The molecule has 0 aliphatic carbocycles. The summed E-state index contributed by atoms with van der Waals surface area (Å²) in [7, 11) is 1.38. The lowest BCUT2D eigenvalue weighted by Gasteiger charge is -2.11. The van der Waals surface area contributed by atoms with Gasteiger partial charge in [-0.3, -0.25) is 0 Å². The summed E-state index contributed by atoms with van der Waals surface area (Å²) in [6, 6.07) is 7.68. The lowest BCUT2D eigenvalue weighted by atomic mass is 9.98. The molecule has 0 N–H and O–H groups in total. The van der Waals surface area contributed by atoms with E-state index in [0.29, 0.717) is 0 Å². The number of carbonyl (C=O) groups is 1. The van der Waals surface area contributed by atoms with Crippen molar-refractivity contribution in [1.82, 2.24) is 0 Å². The molecule has 2 rings (SSSR count). The van der Waals surface area contributed by atoms with Gasteiger partial charge in [-0.2, -0.15) is 0 Å². The van der Waals surface area contributed by atoms with Gasteiger partial charge in [-0.15, -0.1) is 0 Å². The van der Waals surface area contributed by atoms with Crippen molar-refractivity contribution >= 4 is 5.97 Å². The Morgan fingerprint density at radius 2 is 2.14 bits per heavy atom. The molecular weight excluding hydrogens is 180 g/mol. The maximum Gasteiger partial charge on any atom is 0.347 e. The minimum absolute atomic E-state index is 0.0682. The summed E-state index contributed by atoms with van der Waals surface area (Å²) in [4.78, 5) is 11.3. The zero-order valence-electron chi connectivity index (χ0n) is 8.19. The van der Waals surface area contributed by atoms with Crippen LogP contribution in [0.5, 0.6) is 5.75 Å². The quantitative estimate of drug-likeness (QED) is 0.635. The summed E-state index contributed by atoms with van der Waals surface area (Å²) < 4.78 is 10.2. The molecule has 74 valence electrons. The van der Waals surface area contributed by atoms with E-state index in [4.69, 9.17) is 4.74 Å². The minimum atomic E-state index is -0.489. The van der Waals surface area contributed by atoms with Crippen molar-refractivity contribution in [2.45, 2.75) is 18.9 Å². The second-order valence-corrected chi connectivity index (χ2v) is 3.39. The fourth-order valence-electron chi connectivity index (χ4n) is 1.73. The van der Waals surface area contributed by atoms with E-state index in [9.17, 15) is 4.79 Å². The van der Waals surface area contributed by atoms with Crippen LogP contribution in [0.1, 0.15) is 18.4 Å². The monoisotopic (exact) mass is 192 g/mol. The molecule has 0 aromatic heterocycles. The molecule has 1 aromatic carbocycles. The molecule has 0 saturated heterocycles. The average Bonchev–Trinajstić information content (AvgIpc) is 2.56. The van der Waals surface area contributed by atoms with Crippen molar-refractivity contribution in [3.63, 3.8) is 0 Å². The summed E-state index contributed by atoms with van der Waals surface area (Å²) in [5.74, 6) is 0.544. The van der Waals surface area contributed by atoms with Crippen LogP contribution in [0, 0.1) is 0 Å². The van der Waals surface area contributed by atoms with Crippen LogP contribution in [0.15, 0.2) is 24.3 Å². The van der Waals surface area contributed by atoms with E-state index in [1.807, 2.05) is 31.2 Å². The Kier molecular flexibility index (Phi) is 2.15. The first-order chi connectivity index (χ1) is 6.74. The minimum Gasteiger partial charge on any atom is -0.478 e. The fourth-order valence-corrected chi connectivity index (χ4v) is 1.73. The highest BCUT2D eigenvalue weighted by Gasteiger charge is 2.36. The highest BCUT2D eigenvalue weighted by atomic mass is 16.6. The molecule has 1 aromatic rings. The molecule has 0 bridgehead atoms. The molecule has 2 unspecified atom stereocenters. The molecule has 2 atom stereocenters. The standard InChI is InChI=1S/C11H12O3/c1-7-8-5-3-4-6-9(8)14-10(7)11(12)13-2/h3-7,10H,1-2H3. The topological polar surface area (TPSA) is 35.5 Å². The number of para-hydroxylation sites is 1. The van der Waals surface area contributed by atoms with Crippen LogP contribution in [0.4, 0.5) is 0 Å². The number of hydrogen-bond donors (Lipinski definition) is 0. The molecule has 0 fully saturated rings. The summed E-state index contributed by atoms with van der Waals surface area (Å²) in [6.07, 6.45) is -0.489. The van der Waals surface area contributed by atoms with Crippen LogP contribution in [0.2, 0.25) is 0 Å². The summed E-state index contributed by atoms with van der Waals surface area (Å²) in [5, 5.41) is 0. The van der Waals surface area contributed by atoms with Gasteiger partial charge < -0.3 is 9.47 Å². The number of fused-ring (bicyclic) bond motifs is 1. The SMILES string of the molecule is COC(=O)C1Oc2ccccc2C1C. The fraction of sp³-hybridized carbons (Fsp3) is 0.364. The molecule has 1 aliphatic heterocycles. The van der Waals surface area contributed by atoms with Gasteiger partial charge in [0.25, 0.3) is 0 Å². The zero-order valence-corrected chi connectivity index (χ0v) is 8.19. The van der Waals surface area contributed by atoms with E-state index in [0.717, 1.165) is 11.3 Å². The third kappa shape index (κ3) is 1.25. The normalized spacial score (nSPS) is 23.9. The number of methoxy groups -OCH3 is 1.